The molecular formula is C41H66N2O13Si. The van der Waals surface area contributed by atoms with Gasteiger partial charge in [0, 0.05) is 5.92 Å². The minimum Gasteiger partial charge on any atom is -0.469 e. The van der Waals surface area contributed by atoms with Gasteiger partial charge in [0.15, 0.2) is 33.8 Å². The number of rotatable bonds is 24. The van der Waals surface area contributed by atoms with Crippen molar-refractivity contribution in [3.8, 4) is 0 Å². The van der Waals surface area contributed by atoms with E-state index in [4.69, 9.17) is 23.4 Å². The topological polar surface area (TPSA) is 199 Å². The Morgan fingerprint density at radius 1 is 0.772 bits per heavy atom. The third kappa shape index (κ3) is 20.1. The number of carbonyl (C=O) groups excluding carboxylic acids is 7. The maximum Gasteiger partial charge on any atom is 0.408 e. The number of benzene rings is 1. The first kappa shape index (κ1) is 50.7. The number of nitrogens with one attached hydrogen (secondary N) is 2. The van der Waals surface area contributed by atoms with Gasteiger partial charge in [-0.3, -0.25) is 14.4 Å². The number of carbonyl (C=O) groups is 7. The smallest absolute Gasteiger partial charge is 0.408 e. The van der Waals surface area contributed by atoms with E-state index in [-0.39, 0.29) is 30.3 Å². The lowest BCUT2D eigenvalue weighted by Crippen LogP contribution is -2.52. The van der Waals surface area contributed by atoms with Crippen molar-refractivity contribution in [2.45, 2.75) is 151 Å². The van der Waals surface area contributed by atoms with E-state index in [9.17, 15) is 33.6 Å². The average molecular weight is 823 g/mol. The Hall–Kier alpha value is -4.31. The van der Waals surface area contributed by atoms with Crippen LogP contribution in [0.4, 0.5) is 4.79 Å². The summed E-state index contributed by atoms with van der Waals surface area (Å²) >= 11 is 0. The number of hydrogen-bond acceptors (Lipinski definition) is 13. The van der Waals surface area contributed by atoms with Gasteiger partial charge in [0.2, 0.25) is 0 Å². The van der Waals surface area contributed by atoms with Crippen LogP contribution in [-0.2, 0) is 63.5 Å². The molecule has 0 heterocycles. The van der Waals surface area contributed by atoms with E-state index in [2.05, 4.69) is 36.1 Å². The van der Waals surface area contributed by atoms with Crippen LogP contribution < -0.4 is 10.6 Å². The van der Waals surface area contributed by atoms with Crippen LogP contribution in [0.25, 0.3) is 0 Å². The maximum atomic E-state index is 13.7. The van der Waals surface area contributed by atoms with Crippen molar-refractivity contribution in [1.29, 1.82) is 0 Å². The summed E-state index contributed by atoms with van der Waals surface area (Å²) in [6.07, 6.45) is -5.79. The fourth-order valence-corrected chi connectivity index (χ4v) is 6.53. The normalized spacial score (nSPS) is 15.4. The predicted molar refractivity (Wildman–Crippen MR) is 214 cm³/mol. The van der Waals surface area contributed by atoms with Crippen molar-refractivity contribution in [3.63, 3.8) is 0 Å². The number of alkyl carbamates (subject to hydrolysis) is 1. The Morgan fingerprint density at radius 2 is 1.39 bits per heavy atom. The van der Waals surface area contributed by atoms with Crippen LogP contribution in [0.1, 0.15) is 107 Å². The Kier molecular flexibility index (Phi) is 22.4. The molecule has 1 aromatic carbocycles. The lowest BCUT2D eigenvalue weighted by atomic mass is 9.96. The van der Waals surface area contributed by atoms with Crippen LogP contribution in [0.5, 0.6) is 0 Å². The first-order chi connectivity index (χ1) is 26.6. The molecule has 0 fully saturated rings. The third-order valence-electron chi connectivity index (χ3n) is 8.88. The van der Waals surface area contributed by atoms with Crippen LogP contribution in [0.15, 0.2) is 30.3 Å². The van der Waals surface area contributed by atoms with E-state index < -0.39 is 100 Å². The average Bonchev–Trinajstić information content (AvgIpc) is 3.13. The standard InChI is InChI=1S/C41H66N2O13Si/c1-13-26(6)35(36(46)42-30(19-24(2)3)31(44)21-33(45)51-12)55-37(47)28(8)54-39(49)34(43-40(50)52-22-29-17-15-14-16-18-29)27(7)53-38(48)32(20-25(4)5)56-57-23-41(9,10)11/h14-18,24-28,30,32,34-35H,13,19-23,57H2,1-12H3,(H,42,46)(H,43,50). The van der Waals surface area contributed by atoms with Gasteiger partial charge in [-0.15, -0.1) is 0 Å². The van der Waals surface area contributed by atoms with Gasteiger partial charge < -0.3 is 38.7 Å². The molecule has 0 aliphatic carbocycles. The molecule has 1 aromatic rings. The van der Waals surface area contributed by atoms with Crippen LogP contribution in [0, 0.1) is 23.2 Å². The van der Waals surface area contributed by atoms with Gasteiger partial charge in [-0.2, -0.15) is 0 Å². The van der Waals surface area contributed by atoms with Gasteiger partial charge in [0.05, 0.1) is 13.2 Å². The second-order valence-corrected chi connectivity index (χ2v) is 17.6. The molecule has 16 heteroatoms. The van der Waals surface area contributed by atoms with Crippen molar-refractivity contribution in [2.24, 2.45) is 23.2 Å². The SMILES string of the molecule is CCC(C)C(OC(=O)C(C)OC(=O)C(NC(=O)OCc1ccccc1)C(C)OC(=O)C(CC(C)C)O[SiH2]CC(C)(C)C)C(=O)NC(CC(C)C)C(=O)CC(=O)OC. The van der Waals surface area contributed by atoms with Crippen molar-refractivity contribution in [2.75, 3.05) is 7.11 Å². The molecule has 0 radical (unpaired) electrons. The fourth-order valence-electron chi connectivity index (χ4n) is 5.25. The molecule has 0 aliphatic rings. The molecule has 2 N–H and O–H groups in total. The third-order valence-corrected chi connectivity index (χ3v) is 11.2. The van der Waals surface area contributed by atoms with E-state index in [1.165, 1.54) is 13.8 Å². The first-order valence-corrected chi connectivity index (χ1v) is 21.3. The minimum absolute atomic E-state index is 0.0157. The molecule has 15 nitrogen and oxygen atoms in total. The van der Waals surface area contributed by atoms with Crippen molar-refractivity contribution >= 4 is 51.4 Å². The molecule has 1 rings (SSSR count). The molecule has 7 unspecified atom stereocenters. The highest BCUT2D eigenvalue weighted by atomic mass is 28.2. The van der Waals surface area contributed by atoms with Crippen LogP contribution in [0.2, 0.25) is 6.04 Å². The number of esters is 4. The molecule has 7 atom stereocenters. The summed E-state index contributed by atoms with van der Waals surface area (Å²) in [5, 5.41) is 5.02. The van der Waals surface area contributed by atoms with Gasteiger partial charge in [-0.05, 0) is 62.0 Å². The number of ketones is 1. The van der Waals surface area contributed by atoms with Crippen molar-refractivity contribution < 1.29 is 61.7 Å². The monoisotopic (exact) mass is 822 g/mol. The van der Waals surface area contributed by atoms with Gasteiger partial charge in [-0.25, -0.2) is 19.2 Å². The Morgan fingerprint density at radius 3 is 1.93 bits per heavy atom. The van der Waals surface area contributed by atoms with Gasteiger partial charge in [-0.1, -0.05) is 92.6 Å². The zero-order valence-electron chi connectivity index (χ0n) is 35.8. The molecule has 2 amide bonds. The summed E-state index contributed by atoms with van der Waals surface area (Å²) in [7, 11) is 0.0371. The second-order valence-electron chi connectivity index (χ2n) is 16.4. The number of amides is 2. The van der Waals surface area contributed by atoms with Crippen molar-refractivity contribution in [1.82, 2.24) is 10.6 Å². The largest absolute Gasteiger partial charge is 0.469 e. The van der Waals surface area contributed by atoms with E-state index in [1.54, 1.807) is 44.2 Å². The lowest BCUT2D eigenvalue weighted by Gasteiger charge is -2.28. The van der Waals surface area contributed by atoms with E-state index in [0.29, 0.717) is 18.4 Å². The number of ether oxygens (including phenoxy) is 5. The van der Waals surface area contributed by atoms with E-state index >= 15 is 0 Å². The fraction of sp³-hybridized carbons (Fsp3) is 0.683. The summed E-state index contributed by atoms with van der Waals surface area (Å²) in [5.74, 6) is -5.53. The quantitative estimate of drug-likeness (QED) is 0.0628. The Bertz CT molecular complexity index is 1460. The lowest BCUT2D eigenvalue weighted by molar-refractivity contribution is -0.178. The van der Waals surface area contributed by atoms with Gasteiger partial charge >= 0.3 is 30.0 Å². The molecule has 0 aliphatic heterocycles. The maximum absolute atomic E-state index is 13.7. The summed E-state index contributed by atoms with van der Waals surface area (Å²) in [6, 6.07) is 6.94. The molecule has 0 saturated carbocycles. The van der Waals surface area contributed by atoms with Gasteiger partial charge in [0.1, 0.15) is 25.2 Å². The highest BCUT2D eigenvalue weighted by molar-refractivity contribution is 6.27. The number of Topliss-reactive ketones (excluding diaryl/α,β-unsaturated/α-hetero) is 1. The van der Waals surface area contributed by atoms with Gasteiger partial charge in [0.25, 0.3) is 5.91 Å². The number of methoxy groups -OCH3 is 1. The Labute approximate surface area is 340 Å². The summed E-state index contributed by atoms with van der Waals surface area (Å²) < 4.78 is 32.7. The molecule has 0 aromatic heterocycles. The molecule has 0 spiro atoms. The molecule has 0 saturated heterocycles. The summed E-state index contributed by atoms with van der Waals surface area (Å²) in [6.45, 7) is 19.7. The highest BCUT2D eigenvalue weighted by Gasteiger charge is 2.38. The van der Waals surface area contributed by atoms with Crippen LogP contribution >= 0.6 is 0 Å². The molecule has 322 valence electrons. The van der Waals surface area contributed by atoms with E-state index in [0.717, 1.165) is 13.2 Å². The van der Waals surface area contributed by atoms with Crippen LogP contribution in [0.3, 0.4) is 0 Å². The molecule has 57 heavy (non-hydrogen) atoms. The molecule has 0 bridgehead atoms. The number of hydrogen-bond donors (Lipinski definition) is 2. The predicted octanol–water partition coefficient (Wildman–Crippen LogP) is 4.75. The Balaban J connectivity index is 3.25. The molecular weight excluding hydrogens is 757 g/mol. The highest BCUT2D eigenvalue weighted by Crippen LogP contribution is 2.21. The zero-order valence-corrected chi connectivity index (χ0v) is 37.3. The van der Waals surface area contributed by atoms with Crippen LogP contribution in [-0.4, -0.2) is 95.0 Å². The zero-order chi connectivity index (χ0) is 43.5. The van der Waals surface area contributed by atoms with E-state index in [1.807, 2.05) is 27.7 Å². The van der Waals surface area contributed by atoms with Crippen molar-refractivity contribution in [3.05, 3.63) is 35.9 Å². The summed E-state index contributed by atoms with van der Waals surface area (Å²) in [4.78, 5) is 91.7. The minimum atomic E-state index is -1.63. The summed E-state index contributed by atoms with van der Waals surface area (Å²) in [5.41, 5.74) is 0.695. The second kappa shape index (κ2) is 25.1. The first-order valence-electron chi connectivity index (χ1n) is 19.7.